The molecule has 0 aliphatic carbocycles. The van der Waals surface area contributed by atoms with Crippen molar-refractivity contribution in [2.24, 2.45) is 5.73 Å². The molecule has 0 radical (unpaired) electrons. The van der Waals surface area contributed by atoms with Crippen LogP contribution in [-0.4, -0.2) is 6.54 Å². The minimum atomic E-state index is 0.523. The SMILES string of the molecule is C=C(N)CNc1cccc(C#N)c1. The van der Waals surface area contributed by atoms with Gasteiger partial charge < -0.3 is 11.1 Å². The van der Waals surface area contributed by atoms with E-state index < -0.39 is 0 Å². The molecule has 0 aliphatic heterocycles. The minimum absolute atomic E-state index is 0.523. The summed E-state index contributed by atoms with van der Waals surface area (Å²) < 4.78 is 0. The molecule has 66 valence electrons. The molecule has 0 aliphatic rings. The van der Waals surface area contributed by atoms with Crippen molar-refractivity contribution >= 4 is 5.69 Å². The highest BCUT2D eigenvalue weighted by Gasteiger charge is 1.93. The van der Waals surface area contributed by atoms with Gasteiger partial charge in [0.15, 0.2) is 0 Å². The number of benzene rings is 1. The Hall–Kier alpha value is -1.95. The molecular formula is C10H11N3. The van der Waals surface area contributed by atoms with E-state index in [0.29, 0.717) is 17.8 Å². The smallest absolute Gasteiger partial charge is 0.0992 e. The van der Waals surface area contributed by atoms with Gasteiger partial charge in [0.2, 0.25) is 0 Å². The van der Waals surface area contributed by atoms with Gasteiger partial charge in [-0.05, 0) is 18.2 Å². The largest absolute Gasteiger partial charge is 0.401 e. The van der Waals surface area contributed by atoms with E-state index in [1.54, 1.807) is 12.1 Å². The van der Waals surface area contributed by atoms with Crippen LogP contribution in [0.25, 0.3) is 0 Å². The van der Waals surface area contributed by atoms with E-state index in [0.717, 1.165) is 5.69 Å². The summed E-state index contributed by atoms with van der Waals surface area (Å²) in [6.07, 6.45) is 0. The Labute approximate surface area is 77.5 Å². The van der Waals surface area contributed by atoms with E-state index in [1.165, 1.54) is 0 Å². The number of nitriles is 1. The van der Waals surface area contributed by atoms with E-state index in [2.05, 4.69) is 18.0 Å². The molecule has 1 aromatic rings. The number of hydrogen-bond acceptors (Lipinski definition) is 3. The molecule has 0 spiro atoms. The van der Waals surface area contributed by atoms with Crippen molar-refractivity contribution in [3.63, 3.8) is 0 Å². The fourth-order valence-corrected chi connectivity index (χ4v) is 0.914. The summed E-state index contributed by atoms with van der Waals surface area (Å²) in [4.78, 5) is 0. The summed E-state index contributed by atoms with van der Waals surface area (Å²) in [5.74, 6) is 0. The van der Waals surface area contributed by atoms with Crippen LogP contribution >= 0.6 is 0 Å². The molecule has 0 aromatic heterocycles. The summed E-state index contributed by atoms with van der Waals surface area (Å²) in [6.45, 7) is 4.09. The average molecular weight is 173 g/mol. The fourth-order valence-electron chi connectivity index (χ4n) is 0.914. The van der Waals surface area contributed by atoms with Crippen LogP contribution in [0.4, 0.5) is 5.69 Å². The van der Waals surface area contributed by atoms with Crippen molar-refractivity contribution in [2.45, 2.75) is 0 Å². The first-order valence-electron chi connectivity index (χ1n) is 3.89. The monoisotopic (exact) mass is 173 g/mol. The molecule has 3 nitrogen and oxygen atoms in total. The van der Waals surface area contributed by atoms with Crippen LogP contribution in [0, 0.1) is 11.3 Å². The third-order valence-electron chi connectivity index (χ3n) is 1.51. The second kappa shape index (κ2) is 4.17. The van der Waals surface area contributed by atoms with Gasteiger partial charge in [-0.3, -0.25) is 0 Å². The Kier molecular flexibility index (Phi) is 2.93. The van der Waals surface area contributed by atoms with Crippen molar-refractivity contribution in [3.8, 4) is 6.07 Å². The molecule has 13 heavy (non-hydrogen) atoms. The second-order valence-electron chi connectivity index (χ2n) is 2.70. The van der Waals surface area contributed by atoms with Gasteiger partial charge in [-0.15, -0.1) is 0 Å². The van der Waals surface area contributed by atoms with Crippen molar-refractivity contribution in [3.05, 3.63) is 42.1 Å². The first-order chi connectivity index (χ1) is 6.22. The van der Waals surface area contributed by atoms with Gasteiger partial charge in [0.25, 0.3) is 0 Å². The van der Waals surface area contributed by atoms with Crippen LogP contribution in [0.15, 0.2) is 36.5 Å². The summed E-state index contributed by atoms with van der Waals surface area (Å²) in [7, 11) is 0. The average Bonchev–Trinajstić information content (AvgIpc) is 2.15. The van der Waals surface area contributed by atoms with Crippen molar-refractivity contribution in [1.29, 1.82) is 5.26 Å². The van der Waals surface area contributed by atoms with E-state index in [1.807, 2.05) is 12.1 Å². The highest BCUT2D eigenvalue weighted by atomic mass is 14.9. The number of anilines is 1. The van der Waals surface area contributed by atoms with Gasteiger partial charge in [-0.1, -0.05) is 12.6 Å². The summed E-state index contributed by atoms with van der Waals surface area (Å²) in [6, 6.07) is 9.28. The minimum Gasteiger partial charge on any atom is -0.401 e. The topological polar surface area (TPSA) is 61.8 Å². The molecular weight excluding hydrogens is 162 g/mol. The third kappa shape index (κ3) is 2.88. The van der Waals surface area contributed by atoms with Gasteiger partial charge >= 0.3 is 0 Å². The highest BCUT2D eigenvalue weighted by Crippen LogP contribution is 2.09. The quantitative estimate of drug-likeness (QED) is 0.727. The second-order valence-corrected chi connectivity index (χ2v) is 2.70. The predicted molar refractivity (Wildman–Crippen MR) is 53.0 cm³/mol. The number of nitrogens with zero attached hydrogens (tertiary/aromatic N) is 1. The maximum atomic E-state index is 8.62. The van der Waals surface area contributed by atoms with E-state index in [9.17, 15) is 0 Å². The van der Waals surface area contributed by atoms with Gasteiger partial charge in [0.05, 0.1) is 18.2 Å². The standard InChI is InChI=1S/C10H11N3/c1-8(12)7-13-10-4-2-3-9(5-10)6-11/h2-5,13H,1,7,12H2. The zero-order valence-corrected chi connectivity index (χ0v) is 7.25. The Morgan fingerprint density at radius 3 is 3.00 bits per heavy atom. The van der Waals surface area contributed by atoms with Crippen molar-refractivity contribution < 1.29 is 0 Å². The first kappa shape index (κ1) is 9.14. The lowest BCUT2D eigenvalue weighted by Crippen LogP contribution is -2.09. The van der Waals surface area contributed by atoms with Crippen LogP contribution in [0.1, 0.15) is 5.56 Å². The lowest BCUT2D eigenvalue weighted by Gasteiger charge is -2.05. The van der Waals surface area contributed by atoms with E-state index in [-0.39, 0.29) is 0 Å². The summed E-state index contributed by atoms with van der Waals surface area (Å²) in [5.41, 5.74) is 7.47. The molecule has 3 N–H and O–H groups in total. The van der Waals surface area contributed by atoms with Crippen LogP contribution in [0.2, 0.25) is 0 Å². The number of hydrogen-bond donors (Lipinski definition) is 2. The molecule has 0 saturated carbocycles. The van der Waals surface area contributed by atoms with Gasteiger partial charge in [0.1, 0.15) is 0 Å². The maximum Gasteiger partial charge on any atom is 0.0992 e. The maximum absolute atomic E-state index is 8.62. The van der Waals surface area contributed by atoms with Gasteiger partial charge in [-0.2, -0.15) is 5.26 Å². The Bertz CT molecular complexity index is 349. The van der Waals surface area contributed by atoms with Crippen LogP contribution in [-0.2, 0) is 0 Å². The van der Waals surface area contributed by atoms with Crippen molar-refractivity contribution in [1.82, 2.24) is 0 Å². The number of nitrogens with two attached hydrogens (primary N) is 1. The summed E-state index contributed by atoms with van der Waals surface area (Å²) in [5, 5.41) is 11.7. The van der Waals surface area contributed by atoms with E-state index in [4.69, 9.17) is 11.0 Å². The summed E-state index contributed by atoms with van der Waals surface area (Å²) >= 11 is 0. The molecule has 0 bridgehead atoms. The molecule has 0 atom stereocenters. The highest BCUT2D eigenvalue weighted by molar-refractivity contribution is 5.49. The van der Waals surface area contributed by atoms with Gasteiger partial charge in [0, 0.05) is 11.4 Å². The van der Waals surface area contributed by atoms with Crippen molar-refractivity contribution in [2.75, 3.05) is 11.9 Å². The molecule has 0 amide bonds. The number of rotatable bonds is 3. The van der Waals surface area contributed by atoms with Gasteiger partial charge in [-0.25, -0.2) is 0 Å². The lowest BCUT2D eigenvalue weighted by atomic mass is 10.2. The molecule has 0 unspecified atom stereocenters. The van der Waals surface area contributed by atoms with E-state index >= 15 is 0 Å². The normalized spacial score (nSPS) is 8.85. The molecule has 1 aromatic carbocycles. The zero-order chi connectivity index (χ0) is 9.68. The molecule has 0 fully saturated rings. The van der Waals surface area contributed by atoms with Crippen LogP contribution in [0.5, 0.6) is 0 Å². The zero-order valence-electron chi connectivity index (χ0n) is 7.25. The fraction of sp³-hybridized carbons (Fsp3) is 0.100. The van der Waals surface area contributed by atoms with Crippen LogP contribution in [0.3, 0.4) is 0 Å². The molecule has 0 saturated heterocycles. The molecule has 3 heteroatoms. The lowest BCUT2D eigenvalue weighted by molar-refractivity contribution is 1.18. The number of nitrogens with one attached hydrogen (secondary N) is 1. The Morgan fingerprint density at radius 1 is 1.62 bits per heavy atom. The Balaban J connectivity index is 2.68. The third-order valence-corrected chi connectivity index (χ3v) is 1.51. The molecule has 0 heterocycles. The predicted octanol–water partition coefficient (Wildman–Crippen LogP) is 1.44. The van der Waals surface area contributed by atoms with Crippen LogP contribution < -0.4 is 11.1 Å². The Morgan fingerprint density at radius 2 is 2.38 bits per heavy atom. The first-order valence-corrected chi connectivity index (χ1v) is 3.89. The molecule has 1 rings (SSSR count).